The average molecular weight is 364 g/mol. The number of hydrogen-bond donors (Lipinski definition) is 1. The van der Waals surface area contributed by atoms with Gasteiger partial charge in [0.2, 0.25) is 5.91 Å². The molecule has 7 heteroatoms. The molecule has 1 N–H and O–H groups in total. The standard InChI is InChI=1S/C15H14BrN3O3/c16-12-4-1-3-10-8-19(13(15(21)22)7-11(10)12)14(20)9-18-6-2-5-17-18/h1-6,13H,7-9H2,(H,21,22). The van der Waals surface area contributed by atoms with Gasteiger partial charge in [-0.15, -0.1) is 0 Å². The number of fused-ring (bicyclic) bond motifs is 1. The third-order valence-corrected chi connectivity index (χ3v) is 4.54. The number of rotatable bonds is 3. The molecule has 0 saturated heterocycles. The van der Waals surface area contributed by atoms with Gasteiger partial charge < -0.3 is 10.0 Å². The third kappa shape index (κ3) is 2.76. The van der Waals surface area contributed by atoms with E-state index >= 15 is 0 Å². The number of nitrogens with zero attached hydrogens (tertiary/aromatic N) is 3. The normalized spacial score (nSPS) is 17.1. The Labute approximate surface area is 135 Å². The van der Waals surface area contributed by atoms with E-state index in [9.17, 15) is 14.7 Å². The van der Waals surface area contributed by atoms with Crippen molar-refractivity contribution in [3.05, 3.63) is 52.3 Å². The van der Waals surface area contributed by atoms with Crippen molar-refractivity contribution in [2.75, 3.05) is 0 Å². The lowest BCUT2D eigenvalue weighted by Crippen LogP contribution is -2.49. The van der Waals surface area contributed by atoms with Gasteiger partial charge in [0, 0.05) is 29.8 Å². The van der Waals surface area contributed by atoms with Crippen molar-refractivity contribution in [2.45, 2.75) is 25.6 Å². The highest BCUT2D eigenvalue weighted by Gasteiger charge is 2.35. The van der Waals surface area contributed by atoms with Crippen LogP contribution in [0.4, 0.5) is 0 Å². The maximum atomic E-state index is 12.5. The molecule has 114 valence electrons. The van der Waals surface area contributed by atoms with E-state index in [0.29, 0.717) is 13.0 Å². The number of aromatic nitrogens is 2. The molecule has 1 aliphatic rings. The van der Waals surface area contributed by atoms with Crippen molar-refractivity contribution in [2.24, 2.45) is 0 Å². The summed E-state index contributed by atoms with van der Waals surface area (Å²) in [5.41, 5.74) is 1.93. The molecule has 0 fully saturated rings. The highest BCUT2D eigenvalue weighted by Crippen LogP contribution is 2.29. The van der Waals surface area contributed by atoms with Crippen LogP contribution in [-0.4, -0.2) is 37.7 Å². The number of carbonyl (C=O) groups is 2. The van der Waals surface area contributed by atoms with E-state index in [1.807, 2.05) is 18.2 Å². The summed E-state index contributed by atoms with van der Waals surface area (Å²) in [6.45, 7) is 0.339. The molecule has 0 radical (unpaired) electrons. The second kappa shape index (κ2) is 5.92. The summed E-state index contributed by atoms with van der Waals surface area (Å²) in [4.78, 5) is 25.4. The number of amides is 1. The molecule has 22 heavy (non-hydrogen) atoms. The molecule has 1 aliphatic heterocycles. The van der Waals surface area contributed by atoms with Gasteiger partial charge in [-0.2, -0.15) is 5.10 Å². The van der Waals surface area contributed by atoms with Crippen LogP contribution in [0.1, 0.15) is 11.1 Å². The van der Waals surface area contributed by atoms with Crippen LogP contribution in [0.15, 0.2) is 41.1 Å². The summed E-state index contributed by atoms with van der Waals surface area (Å²) in [5, 5.41) is 13.5. The molecule has 0 saturated carbocycles. The molecular weight excluding hydrogens is 350 g/mol. The summed E-state index contributed by atoms with van der Waals surface area (Å²) in [6.07, 6.45) is 3.57. The lowest BCUT2D eigenvalue weighted by molar-refractivity contribution is -0.151. The maximum absolute atomic E-state index is 12.5. The lowest BCUT2D eigenvalue weighted by atomic mass is 9.94. The number of carbonyl (C=O) groups excluding carboxylic acids is 1. The Kier molecular flexibility index (Phi) is 3.98. The number of halogens is 1. The molecule has 0 spiro atoms. The zero-order chi connectivity index (χ0) is 15.7. The molecule has 1 amide bonds. The number of carboxylic acid groups (broad SMARTS) is 1. The molecule has 0 aliphatic carbocycles. The van der Waals surface area contributed by atoms with Crippen molar-refractivity contribution < 1.29 is 14.7 Å². The Morgan fingerprint density at radius 1 is 1.36 bits per heavy atom. The van der Waals surface area contributed by atoms with Gasteiger partial charge in [-0.05, 0) is 23.3 Å². The zero-order valence-corrected chi connectivity index (χ0v) is 13.2. The predicted octanol–water partition coefficient (Wildman–Crippen LogP) is 1.68. The molecule has 0 bridgehead atoms. The van der Waals surface area contributed by atoms with Gasteiger partial charge in [0.05, 0.1) is 0 Å². The van der Waals surface area contributed by atoms with Gasteiger partial charge in [-0.1, -0.05) is 28.1 Å². The molecule has 3 rings (SSSR count). The molecule has 6 nitrogen and oxygen atoms in total. The van der Waals surface area contributed by atoms with Crippen LogP contribution >= 0.6 is 15.9 Å². The number of aliphatic carboxylic acids is 1. The molecule has 1 atom stereocenters. The van der Waals surface area contributed by atoms with Gasteiger partial charge in [0.25, 0.3) is 0 Å². The van der Waals surface area contributed by atoms with Crippen molar-refractivity contribution in [1.29, 1.82) is 0 Å². The SMILES string of the molecule is O=C(O)C1Cc2c(Br)cccc2CN1C(=O)Cn1cccn1. The highest BCUT2D eigenvalue weighted by molar-refractivity contribution is 9.10. The van der Waals surface area contributed by atoms with E-state index in [1.165, 1.54) is 9.58 Å². The van der Waals surface area contributed by atoms with Crippen molar-refractivity contribution >= 4 is 27.8 Å². The molecule has 1 unspecified atom stereocenters. The summed E-state index contributed by atoms with van der Waals surface area (Å²) < 4.78 is 2.38. The van der Waals surface area contributed by atoms with Crippen LogP contribution in [0.3, 0.4) is 0 Å². The minimum absolute atomic E-state index is 0.0418. The van der Waals surface area contributed by atoms with Gasteiger partial charge in [-0.25, -0.2) is 4.79 Å². The van der Waals surface area contributed by atoms with Crippen molar-refractivity contribution in [3.8, 4) is 0 Å². The molecule has 1 aromatic carbocycles. The summed E-state index contributed by atoms with van der Waals surface area (Å²) in [7, 11) is 0. The van der Waals surface area contributed by atoms with Gasteiger partial charge in [0.1, 0.15) is 12.6 Å². The van der Waals surface area contributed by atoms with Crippen molar-refractivity contribution in [3.63, 3.8) is 0 Å². The Morgan fingerprint density at radius 3 is 2.86 bits per heavy atom. The third-order valence-electron chi connectivity index (χ3n) is 3.79. The topological polar surface area (TPSA) is 75.4 Å². The zero-order valence-electron chi connectivity index (χ0n) is 11.6. The smallest absolute Gasteiger partial charge is 0.326 e. The first-order chi connectivity index (χ1) is 10.6. The summed E-state index contributed by atoms with van der Waals surface area (Å²) >= 11 is 3.45. The molecular formula is C15H14BrN3O3. The fourth-order valence-electron chi connectivity index (χ4n) is 2.68. The van der Waals surface area contributed by atoms with Gasteiger partial charge in [0.15, 0.2) is 0 Å². The second-order valence-electron chi connectivity index (χ2n) is 5.16. The second-order valence-corrected chi connectivity index (χ2v) is 6.02. The monoisotopic (exact) mass is 363 g/mol. The van der Waals surface area contributed by atoms with Gasteiger partial charge in [-0.3, -0.25) is 9.48 Å². The molecule has 2 aromatic rings. The molecule has 2 heterocycles. The molecule has 1 aromatic heterocycles. The van der Waals surface area contributed by atoms with E-state index < -0.39 is 12.0 Å². The van der Waals surface area contributed by atoms with Crippen LogP contribution in [0.25, 0.3) is 0 Å². The fourth-order valence-corrected chi connectivity index (χ4v) is 3.25. The lowest BCUT2D eigenvalue weighted by Gasteiger charge is -2.35. The Hall–Kier alpha value is -2.15. The summed E-state index contributed by atoms with van der Waals surface area (Å²) in [6, 6.07) is 6.57. The first-order valence-corrected chi connectivity index (χ1v) is 7.61. The Morgan fingerprint density at radius 2 is 2.18 bits per heavy atom. The predicted molar refractivity (Wildman–Crippen MR) is 82.0 cm³/mol. The van der Waals surface area contributed by atoms with Crippen LogP contribution in [0.5, 0.6) is 0 Å². The van der Waals surface area contributed by atoms with E-state index in [2.05, 4.69) is 21.0 Å². The summed E-state index contributed by atoms with van der Waals surface area (Å²) in [5.74, 6) is -1.24. The fraction of sp³-hybridized carbons (Fsp3) is 0.267. The Balaban J connectivity index is 1.89. The minimum atomic E-state index is -0.991. The van der Waals surface area contributed by atoms with E-state index in [4.69, 9.17) is 0 Å². The van der Waals surface area contributed by atoms with Crippen LogP contribution in [0.2, 0.25) is 0 Å². The number of benzene rings is 1. The van der Waals surface area contributed by atoms with Crippen molar-refractivity contribution in [1.82, 2.24) is 14.7 Å². The number of carboxylic acids is 1. The van der Waals surface area contributed by atoms with Gasteiger partial charge >= 0.3 is 5.97 Å². The highest BCUT2D eigenvalue weighted by atomic mass is 79.9. The minimum Gasteiger partial charge on any atom is -0.480 e. The van der Waals surface area contributed by atoms with E-state index in [1.54, 1.807) is 18.5 Å². The maximum Gasteiger partial charge on any atom is 0.326 e. The first kappa shape index (κ1) is 14.8. The number of hydrogen-bond acceptors (Lipinski definition) is 3. The quantitative estimate of drug-likeness (QED) is 0.899. The van der Waals surface area contributed by atoms with Crippen LogP contribution in [-0.2, 0) is 29.1 Å². The largest absolute Gasteiger partial charge is 0.480 e. The average Bonchev–Trinajstić information content (AvgIpc) is 2.99. The van der Waals surface area contributed by atoms with Crippen LogP contribution < -0.4 is 0 Å². The van der Waals surface area contributed by atoms with E-state index in [-0.39, 0.29) is 12.5 Å². The first-order valence-electron chi connectivity index (χ1n) is 6.82. The van der Waals surface area contributed by atoms with E-state index in [0.717, 1.165) is 15.6 Å². The Bertz CT molecular complexity index is 715. The van der Waals surface area contributed by atoms with Crippen LogP contribution in [0, 0.1) is 0 Å².